The first-order valence-corrected chi connectivity index (χ1v) is 11.3. The molecule has 0 atom stereocenters. The Kier molecular flexibility index (Phi) is 7.11. The number of rotatable bonds is 2. The van der Waals surface area contributed by atoms with E-state index in [1.165, 1.54) is 11.6 Å². The van der Waals surface area contributed by atoms with Gasteiger partial charge in [-0.2, -0.15) is 13.2 Å². The van der Waals surface area contributed by atoms with Gasteiger partial charge < -0.3 is 20.1 Å². The van der Waals surface area contributed by atoms with Gasteiger partial charge in [-0.05, 0) is 56.8 Å². The molecule has 0 aromatic carbocycles. The molecule has 9 nitrogen and oxygen atoms in total. The molecular formula is C23H24F4N6O3. The Hall–Kier alpha value is -3.74. The van der Waals surface area contributed by atoms with Crippen molar-refractivity contribution >= 4 is 29.2 Å². The van der Waals surface area contributed by atoms with E-state index in [1.54, 1.807) is 27.9 Å². The van der Waals surface area contributed by atoms with Crippen LogP contribution in [0.4, 0.5) is 33.9 Å². The molecule has 2 aliphatic rings. The number of carboxylic acid groups (broad SMARTS) is 1. The lowest BCUT2D eigenvalue weighted by Gasteiger charge is -2.25. The number of carbonyl (C=O) groups excluding carboxylic acids is 1. The van der Waals surface area contributed by atoms with Crippen LogP contribution in [-0.4, -0.2) is 57.3 Å². The number of halogens is 4. The summed E-state index contributed by atoms with van der Waals surface area (Å²) < 4.78 is 47.9. The van der Waals surface area contributed by atoms with E-state index in [9.17, 15) is 22.4 Å². The first-order valence-electron chi connectivity index (χ1n) is 11.3. The summed E-state index contributed by atoms with van der Waals surface area (Å²) >= 11 is 0. The molecule has 2 aliphatic heterocycles. The monoisotopic (exact) mass is 508 g/mol. The molecule has 36 heavy (non-hydrogen) atoms. The highest BCUT2D eigenvalue weighted by Crippen LogP contribution is 2.36. The van der Waals surface area contributed by atoms with Crippen LogP contribution in [0.2, 0.25) is 0 Å². The van der Waals surface area contributed by atoms with Crippen LogP contribution in [0.25, 0.3) is 5.65 Å². The number of hydrogen-bond acceptors (Lipinski definition) is 5. The second-order valence-electron chi connectivity index (χ2n) is 8.54. The first kappa shape index (κ1) is 25.4. The Bertz CT molecular complexity index is 1290. The molecule has 13 heteroatoms. The van der Waals surface area contributed by atoms with Crippen molar-refractivity contribution in [3.05, 3.63) is 53.4 Å². The zero-order chi connectivity index (χ0) is 26.0. The average molecular weight is 508 g/mol. The van der Waals surface area contributed by atoms with Crippen molar-refractivity contribution in [3.63, 3.8) is 0 Å². The number of amides is 2. The number of hydrogen-bond donors (Lipinski definition) is 3. The minimum absolute atomic E-state index is 0.128. The van der Waals surface area contributed by atoms with Gasteiger partial charge in [0.25, 0.3) is 0 Å². The third-order valence-electron chi connectivity index (χ3n) is 6.08. The van der Waals surface area contributed by atoms with Crippen LogP contribution in [0.15, 0.2) is 30.7 Å². The smallest absolute Gasteiger partial charge is 0.475 e. The van der Waals surface area contributed by atoms with Gasteiger partial charge in [0.05, 0.1) is 11.4 Å². The molecule has 5 rings (SSSR count). The summed E-state index contributed by atoms with van der Waals surface area (Å²) in [4.78, 5) is 32.2. The third kappa shape index (κ3) is 5.40. The van der Waals surface area contributed by atoms with Gasteiger partial charge in [-0.3, -0.25) is 4.90 Å². The molecule has 0 bridgehead atoms. The number of aryl methyl sites for hydroxylation is 1. The van der Waals surface area contributed by atoms with Crippen molar-refractivity contribution in [2.45, 2.75) is 38.3 Å². The quantitative estimate of drug-likeness (QED) is 0.453. The number of aliphatic carboxylic acids is 1. The largest absolute Gasteiger partial charge is 0.490 e. The van der Waals surface area contributed by atoms with Crippen LogP contribution in [0.3, 0.4) is 0 Å². The number of carboxylic acids is 1. The molecule has 3 aromatic rings. The summed E-state index contributed by atoms with van der Waals surface area (Å²) in [6.45, 7) is 4.42. The normalized spacial score (nSPS) is 15.9. The van der Waals surface area contributed by atoms with Gasteiger partial charge in [0.15, 0.2) is 5.82 Å². The molecule has 1 saturated heterocycles. The number of aromatic nitrogens is 3. The zero-order valence-corrected chi connectivity index (χ0v) is 19.3. The van der Waals surface area contributed by atoms with E-state index in [1.807, 2.05) is 6.92 Å². The predicted molar refractivity (Wildman–Crippen MR) is 123 cm³/mol. The molecular weight excluding hydrogens is 484 g/mol. The lowest BCUT2D eigenvalue weighted by molar-refractivity contribution is -0.192. The second-order valence-corrected chi connectivity index (χ2v) is 8.54. The maximum atomic E-state index is 14.5. The van der Waals surface area contributed by atoms with Crippen LogP contribution in [0, 0.1) is 12.7 Å². The maximum Gasteiger partial charge on any atom is 0.490 e. The molecule has 0 saturated carbocycles. The summed E-state index contributed by atoms with van der Waals surface area (Å²) in [6, 6.07) is 3.05. The van der Waals surface area contributed by atoms with Crippen LogP contribution in [-0.2, 0) is 11.2 Å². The standard InChI is InChI=1S/C21H23FN6O.C2HF3O2/c1-13-11-27-12-18(17(22)10-19(27)25-13)26-21(29)28-9-5-16-15(4-8-24-20(16)28)14-2-6-23-7-3-14;3-2(4,5)1(6)7/h4,8,10-12,14,23H,2-3,5-7,9H2,1H3,(H,26,29);(H,6,7). The topological polar surface area (TPSA) is 112 Å². The molecule has 2 amide bonds. The summed E-state index contributed by atoms with van der Waals surface area (Å²) in [5.41, 5.74) is 3.88. The van der Waals surface area contributed by atoms with E-state index in [0.717, 1.165) is 43.6 Å². The van der Waals surface area contributed by atoms with Gasteiger partial charge in [0, 0.05) is 36.8 Å². The minimum atomic E-state index is -5.08. The van der Waals surface area contributed by atoms with E-state index >= 15 is 0 Å². The van der Waals surface area contributed by atoms with Crippen molar-refractivity contribution in [1.82, 2.24) is 19.7 Å². The fourth-order valence-electron chi connectivity index (χ4n) is 4.44. The molecule has 0 spiro atoms. The van der Waals surface area contributed by atoms with E-state index in [4.69, 9.17) is 9.90 Å². The van der Waals surface area contributed by atoms with Crippen molar-refractivity contribution in [2.75, 3.05) is 29.9 Å². The number of carbonyl (C=O) groups is 2. The van der Waals surface area contributed by atoms with Crippen LogP contribution in [0.5, 0.6) is 0 Å². The Labute approximate surface area is 203 Å². The molecule has 0 radical (unpaired) electrons. The van der Waals surface area contributed by atoms with Crippen molar-refractivity contribution in [3.8, 4) is 0 Å². The number of pyridine rings is 2. The van der Waals surface area contributed by atoms with E-state index in [-0.39, 0.29) is 11.7 Å². The minimum Gasteiger partial charge on any atom is -0.475 e. The number of imidazole rings is 1. The number of fused-ring (bicyclic) bond motifs is 2. The van der Waals surface area contributed by atoms with Crippen LogP contribution >= 0.6 is 0 Å². The Morgan fingerprint density at radius 1 is 1.22 bits per heavy atom. The molecule has 192 valence electrons. The lowest BCUT2D eigenvalue weighted by atomic mass is 9.87. The predicted octanol–water partition coefficient (Wildman–Crippen LogP) is 3.87. The lowest BCUT2D eigenvalue weighted by Crippen LogP contribution is -2.34. The second kappa shape index (κ2) is 10.1. The number of alkyl halides is 3. The molecule has 5 heterocycles. The summed E-state index contributed by atoms with van der Waals surface area (Å²) in [5, 5.41) is 13.2. The zero-order valence-electron chi connectivity index (χ0n) is 19.3. The number of nitrogens with one attached hydrogen (secondary N) is 2. The maximum absolute atomic E-state index is 14.5. The molecule has 3 aromatic heterocycles. The highest BCUT2D eigenvalue weighted by atomic mass is 19.4. The summed E-state index contributed by atoms with van der Waals surface area (Å²) in [5.74, 6) is -2.07. The van der Waals surface area contributed by atoms with Gasteiger partial charge in [-0.15, -0.1) is 0 Å². The van der Waals surface area contributed by atoms with Gasteiger partial charge in [-0.25, -0.2) is 23.9 Å². The van der Waals surface area contributed by atoms with Gasteiger partial charge in [0.2, 0.25) is 0 Å². The summed E-state index contributed by atoms with van der Waals surface area (Å²) in [6.07, 6.45) is 3.01. The number of nitrogens with zero attached hydrogens (tertiary/aromatic N) is 4. The molecule has 0 aliphatic carbocycles. The average Bonchev–Trinajstić information content (AvgIpc) is 3.42. The van der Waals surface area contributed by atoms with E-state index < -0.39 is 18.0 Å². The van der Waals surface area contributed by atoms with Gasteiger partial charge in [0.1, 0.15) is 11.5 Å². The SMILES string of the molecule is Cc1cn2cc(NC(=O)N3CCc4c(C5CCNCC5)ccnc43)c(F)cc2n1.O=C(O)C(F)(F)F. The number of piperidine rings is 1. The number of urea groups is 1. The fourth-order valence-corrected chi connectivity index (χ4v) is 4.44. The van der Waals surface area contributed by atoms with Crippen molar-refractivity contribution in [1.29, 1.82) is 0 Å². The molecule has 0 unspecified atom stereocenters. The van der Waals surface area contributed by atoms with Crippen molar-refractivity contribution < 1.29 is 32.3 Å². The summed E-state index contributed by atoms with van der Waals surface area (Å²) in [7, 11) is 0. The highest BCUT2D eigenvalue weighted by Gasteiger charge is 2.38. The van der Waals surface area contributed by atoms with Crippen molar-refractivity contribution in [2.24, 2.45) is 0 Å². The van der Waals surface area contributed by atoms with E-state index in [0.29, 0.717) is 23.9 Å². The van der Waals surface area contributed by atoms with E-state index in [2.05, 4.69) is 26.7 Å². The van der Waals surface area contributed by atoms with Gasteiger partial charge >= 0.3 is 18.2 Å². The first-order chi connectivity index (χ1) is 17.0. The number of anilines is 2. The molecule has 3 N–H and O–H groups in total. The Morgan fingerprint density at radius 2 is 1.92 bits per heavy atom. The Balaban J connectivity index is 0.000000384. The fraction of sp³-hybridized carbons (Fsp3) is 0.391. The van der Waals surface area contributed by atoms with Crippen LogP contribution < -0.4 is 15.5 Å². The Morgan fingerprint density at radius 3 is 2.58 bits per heavy atom. The third-order valence-corrected chi connectivity index (χ3v) is 6.08. The highest BCUT2D eigenvalue weighted by molar-refractivity contribution is 6.02. The molecule has 1 fully saturated rings. The van der Waals surface area contributed by atoms with Gasteiger partial charge in [-0.1, -0.05) is 0 Å². The van der Waals surface area contributed by atoms with Crippen LogP contribution in [0.1, 0.15) is 35.6 Å².